The molecule has 0 saturated heterocycles. The molecule has 0 bridgehead atoms. The first-order chi connectivity index (χ1) is 5.77. The molecule has 0 spiro atoms. The fraction of sp³-hybridized carbons (Fsp3) is 0. The summed E-state index contributed by atoms with van der Waals surface area (Å²) < 4.78 is 2.32. The molecular formula is C8H4Br2S2. The molecule has 0 fully saturated rings. The van der Waals surface area contributed by atoms with Crippen LogP contribution in [0.2, 0.25) is 0 Å². The lowest BCUT2D eigenvalue weighted by Crippen LogP contribution is -1.65. The Balaban J connectivity index is 2.40. The quantitative estimate of drug-likeness (QED) is 0.672. The molecule has 1 aromatic rings. The van der Waals surface area contributed by atoms with Gasteiger partial charge in [-0.1, -0.05) is 35.7 Å². The Hall–Kier alpha value is 0.620. The van der Waals surface area contributed by atoms with Crippen LogP contribution in [0.1, 0.15) is 0 Å². The van der Waals surface area contributed by atoms with E-state index in [1.807, 2.05) is 0 Å². The summed E-state index contributed by atoms with van der Waals surface area (Å²) in [5.74, 6) is 0. The van der Waals surface area contributed by atoms with Gasteiger partial charge in [-0.3, -0.25) is 0 Å². The average Bonchev–Trinajstić information content (AvgIpc) is 2.46. The van der Waals surface area contributed by atoms with Gasteiger partial charge in [0.1, 0.15) is 0 Å². The van der Waals surface area contributed by atoms with E-state index in [4.69, 9.17) is 0 Å². The molecule has 12 heavy (non-hydrogen) atoms. The van der Waals surface area contributed by atoms with Gasteiger partial charge in [-0.15, -0.1) is 0 Å². The molecule has 62 valence electrons. The number of hydrogen-bond donors (Lipinski definition) is 0. The van der Waals surface area contributed by atoms with Crippen LogP contribution in [0.4, 0.5) is 0 Å². The van der Waals surface area contributed by atoms with Crippen molar-refractivity contribution in [3.8, 4) is 0 Å². The summed E-state index contributed by atoms with van der Waals surface area (Å²) in [6.45, 7) is 0. The first kappa shape index (κ1) is 9.19. The molecule has 0 aromatic heterocycles. The second-order valence-electron chi connectivity index (χ2n) is 2.20. The molecule has 1 aromatic carbocycles. The molecule has 0 saturated carbocycles. The van der Waals surface area contributed by atoms with E-state index in [1.165, 1.54) is 14.0 Å². The van der Waals surface area contributed by atoms with Gasteiger partial charge in [0.25, 0.3) is 0 Å². The predicted octanol–water partition coefficient (Wildman–Crippen LogP) is 4.80. The van der Waals surface area contributed by atoms with Crippen molar-refractivity contribution in [1.29, 1.82) is 0 Å². The summed E-state index contributed by atoms with van der Waals surface area (Å²) >= 11 is 10.4. The van der Waals surface area contributed by atoms with Crippen LogP contribution in [0.15, 0.2) is 41.7 Å². The molecule has 0 N–H and O–H groups in total. The van der Waals surface area contributed by atoms with E-state index in [-0.39, 0.29) is 0 Å². The number of hydrogen-bond acceptors (Lipinski definition) is 2. The third kappa shape index (κ3) is 1.76. The van der Waals surface area contributed by atoms with Gasteiger partial charge in [-0.05, 0) is 44.0 Å². The largest absolute Gasteiger partial charge is 0.0810 e. The van der Waals surface area contributed by atoms with Crippen LogP contribution in [0.5, 0.6) is 0 Å². The maximum Gasteiger partial charge on any atom is 0.0810 e. The van der Waals surface area contributed by atoms with Crippen LogP contribution >= 0.6 is 55.4 Å². The fourth-order valence-electron chi connectivity index (χ4n) is 0.917. The van der Waals surface area contributed by atoms with Crippen LogP contribution < -0.4 is 0 Å². The first-order valence-electron chi connectivity index (χ1n) is 3.27. The Morgan fingerprint density at radius 2 is 1.50 bits per heavy atom. The molecular weight excluding hydrogens is 320 g/mol. The monoisotopic (exact) mass is 322 g/mol. The van der Waals surface area contributed by atoms with E-state index in [2.05, 4.69) is 56.1 Å². The number of benzene rings is 1. The second-order valence-corrected chi connectivity index (χ2v) is 7.21. The third-order valence-electron chi connectivity index (χ3n) is 1.41. The number of halogens is 2. The van der Waals surface area contributed by atoms with Gasteiger partial charge < -0.3 is 0 Å². The van der Waals surface area contributed by atoms with Gasteiger partial charge in [-0.25, -0.2) is 0 Å². The lowest BCUT2D eigenvalue weighted by Gasteiger charge is -1.90. The molecule has 0 aliphatic carbocycles. The number of thioether (sulfide) groups is 2. The highest BCUT2D eigenvalue weighted by atomic mass is 79.9. The zero-order valence-corrected chi connectivity index (χ0v) is 10.7. The van der Waals surface area contributed by atoms with Gasteiger partial charge >= 0.3 is 0 Å². The molecule has 0 amide bonds. The zero-order chi connectivity index (χ0) is 8.55. The maximum atomic E-state index is 3.41. The van der Waals surface area contributed by atoms with E-state index in [0.717, 1.165) is 3.39 Å². The highest BCUT2D eigenvalue weighted by Gasteiger charge is 2.18. The van der Waals surface area contributed by atoms with Crippen LogP contribution in [0.3, 0.4) is 0 Å². The van der Waals surface area contributed by atoms with E-state index in [9.17, 15) is 0 Å². The topological polar surface area (TPSA) is 0 Å². The minimum Gasteiger partial charge on any atom is -0.0798 e. The summed E-state index contributed by atoms with van der Waals surface area (Å²) in [6, 6.07) is 8.42. The van der Waals surface area contributed by atoms with Crippen LogP contribution in [-0.2, 0) is 0 Å². The Bertz CT molecular complexity index is 316. The minimum atomic E-state index is 1.04. The van der Waals surface area contributed by atoms with Crippen LogP contribution in [-0.4, -0.2) is 0 Å². The van der Waals surface area contributed by atoms with Crippen molar-refractivity contribution in [1.82, 2.24) is 0 Å². The van der Waals surface area contributed by atoms with Crippen molar-refractivity contribution in [2.45, 2.75) is 9.79 Å². The molecule has 0 radical (unpaired) electrons. The minimum absolute atomic E-state index is 1.04. The standard InChI is InChI=1S/C8H4Br2S2/c9-7(10)8-11-5-3-1-2-4-6(5)12-8/h1-4H. The Morgan fingerprint density at radius 3 is 1.92 bits per heavy atom. The Morgan fingerprint density at radius 1 is 1.00 bits per heavy atom. The summed E-state index contributed by atoms with van der Waals surface area (Å²) in [5.41, 5.74) is 0. The molecule has 4 heteroatoms. The van der Waals surface area contributed by atoms with Gasteiger partial charge in [-0.2, -0.15) is 0 Å². The highest BCUT2D eigenvalue weighted by Crippen LogP contribution is 2.53. The van der Waals surface area contributed by atoms with Gasteiger partial charge in [0.05, 0.1) is 7.63 Å². The van der Waals surface area contributed by atoms with Crippen molar-refractivity contribution in [2.75, 3.05) is 0 Å². The lowest BCUT2D eigenvalue weighted by molar-refractivity contribution is 1.27. The predicted molar refractivity (Wildman–Crippen MR) is 63.0 cm³/mol. The van der Waals surface area contributed by atoms with E-state index in [0.29, 0.717) is 0 Å². The molecule has 0 atom stereocenters. The Labute approximate surface area is 96.4 Å². The number of rotatable bonds is 0. The SMILES string of the molecule is BrC(Br)=C1Sc2ccccc2S1. The van der Waals surface area contributed by atoms with E-state index < -0.39 is 0 Å². The van der Waals surface area contributed by atoms with Crippen molar-refractivity contribution in [3.63, 3.8) is 0 Å². The van der Waals surface area contributed by atoms with Gasteiger partial charge in [0, 0.05) is 9.79 Å². The average molecular weight is 324 g/mol. The second kappa shape index (κ2) is 3.78. The summed E-state index contributed by atoms with van der Waals surface area (Å²) in [6.07, 6.45) is 0. The lowest BCUT2D eigenvalue weighted by atomic mass is 10.4. The van der Waals surface area contributed by atoms with Crippen molar-refractivity contribution < 1.29 is 0 Å². The highest BCUT2D eigenvalue weighted by molar-refractivity contribution is 9.28. The Kier molecular flexibility index (Phi) is 2.89. The third-order valence-corrected chi connectivity index (χ3v) is 5.81. The zero-order valence-electron chi connectivity index (χ0n) is 5.88. The number of fused-ring (bicyclic) bond motifs is 1. The van der Waals surface area contributed by atoms with E-state index >= 15 is 0 Å². The van der Waals surface area contributed by atoms with Gasteiger partial charge in [0.2, 0.25) is 0 Å². The fourth-order valence-corrected chi connectivity index (χ4v) is 4.03. The summed E-state index contributed by atoms with van der Waals surface area (Å²) in [7, 11) is 0. The molecule has 1 heterocycles. The summed E-state index contributed by atoms with van der Waals surface area (Å²) in [5, 5.41) is 0. The van der Waals surface area contributed by atoms with Crippen LogP contribution in [0.25, 0.3) is 0 Å². The molecule has 0 unspecified atom stereocenters. The van der Waals surface area contributed by atoms with Gasteiger partial charge in [0.15, 0.2) is 0 Å². The summed E-state index contributed by atoms with van der Waals surface area (Å²) in [4.78, 5) is 2.68. The first-order valence-corrected chi connectivity index (χ1v) is 6.49. The van der Waals surface area contributed by atoms with Crippen molar-refractivity contribution in [2.24, 2.45) is 0 Å². The van der Waals surface area contributed by atoms with Crippen molar-refractivity contribution >= 4 is 55.4 Å². The van der Waals surface area contributed by atoms with E-state index in [1.54, 1.807) is 23.5 Å². The molecule has 2 rings (SSSR count). The van der Waals surface area contributed by atoms with Crippen molar-refractivity contribution in [3.05, 3.63) is 31.9 Å². The van der Waals surface area contributed by atoms with Crippen LogP contribution in [0, 0.1) is 0 Å². The molecule has 1 aliphatic heterocycles. The normalized spacial score (nSPS) is 14.7. The molecule has 0 nitrogen and oxygen atoms in total. The smallest absolute Gasteiger partial charge is 0.0798 e. The maximum absolute atomic E-state index is 3.41. The molecule has 1 aliphatic rings.